The summed E-state index contributed by atoms with van der Waals surface area (Å²) in [5.74, 6) is -4.85. The Morgan fingerprint density at radius 2 is 1.95 bits per heavy atom. The smallest absolute Gasteiger partial charge is 0.266 e. The molecule has 0 saturated carbocycles. The van der Waals surface area contributed by atoms with E-state index in [-0.39, 0.29) is 11.3 Å². The summed E-state index contributed by atoms with van der Waals surface area (Å²) in [5, 5.41) is 14.4. The van der Waals surface area contributed by atoms with Gasteiger partial charge in [-0.25, -0.2) is 13.2 Å². The third-order valence-corrected chi connectivity index (χ3v) is 3.16. The van der Waals surface area contributed by atoms with E-state index in [1.165, 1.54) is 4.90 Å². The lowest BCUT2D eigenvalue weighted by Gasteiger charge is -2.27. The molecule has 1 aliphatic heterocycles. The Bertz CT molecular complexity index is 648. The van der Waals surface area contributed by atoms with Gasteiger partial charge in [-0.1, -0.05) is 0 Å². The van der Waals surface area contributed by atoms with Crippen LogP contribution in [0.1, 0.15) is 0 Å². The molecule has 0 aliphatic carbocycles. The maximum atomic E-state index is 13.5. The lowest BCUT2D eigenvalue weighted by molar-refractivity contribution is -0.127. The van der Waals surface area contributed by atoms with E-state index in [9.17, 15) is 18.0 Å². The first-order valence-electron chi connectivity index (χ1n) is 6.55. The van der Waals surface area contributed by atoms with Gasteiger partial charge in [0.25, 0.3) is 5.91 Å². The highest BCUT2D eigenvalue weighted by molar-refractivity contribution is 5.97. The number of amides is 1. The van der Waals surface area contributed by atoms with Crippen LogP contribution in [-0.4, -0.2) is 37.0 Å². The topological polar surface area (TPSA) is 68.2 Å². The van der Waals surface area contributed by atoms with Crippen LogP contribution >= 0.6 is 0 Å². The van der Waals surface area contributed by atoms with Gasteiger partial charge in [-0.2, -0.15) is 5.26 Å². The molecule has 0 spiro atoms. The maximum absolute atomic E-state index is 13.5. The molecule has 1 amide bonds. The van der Waals surface area contributed by atoms with Crippen LogP contribution in [0.4, 0.5) is 18.9 Å². The van der Waals surface area contributed by atoms with Gasteiger partial charge in [-0.15, -0.1) is 0 Å². The number of carbonyl (C=O) groups is 1. The molecule has 0 aromatic heterocycles. The fraction of sp³-hybridized carbons (Fsp3) is 0.286. The fourth-order valence-electron chi connectivity index (χ4n) is 1.97. The van der Waals surface area contributed by atoms with Crippen molar-refractivity contribution in [1.82, 2.24) is 10.2 Å². The van der Waals surface area contributed by atoms with Crippen LogP contribution < -0.4 is 10.6 Å². The Labute approximate surface area is 125 Å². The molecule has 1 aliphatic rings. The number of piperazine rings is 1. The number of carbonyl (C=O) groups excluding carboxylic acids is 1. The van der Waals surface area contributed by atoms with E-state index in [1.807, 2.05) is 0 Å². The van der Waals surface area contributed by atoms with E-state index in [1.54, 1.807) is 6.07 Å². The molecule has 22 heavy (non-hydrogen) atoms. The molecule has 1 aromatic rings. The molecule has 1 aromatic carbocycles. The average Bonchev–Trinajstić information content (AvgIpc) is 2.55. The van der Waals surface area contributed by atoms with Crippen molar-refractivity contribution in [2.24, 2.45) is 0 Å². The molecule has 0 unspecified atom stereocenters. The number of hydrogen-bond acceptors (Lipinski definition) is 4. The predicted molar refractivity (Wildman–Crippen MR) is 73.1 cm³/mol. The molecule has 2 N–H and O–H groups in total. The van der Waals surface area contributed by atoms with Gasteiger partial charge in [0, 0.05) is 32.4 Å². The molecular formula is C14H13F3N4O. The second-order valence-electron chi connectivity index (χ2n) is 4.58. The second-order valence-corrected chi connectivity index (χ2v) is 4.58. The number of benzene rings is 1. The molecule has 116 valence electrons. The second kappa shape index (κ2) is 6.95. The Kier molecular flexibility index (Phi) is 5.01. The number of nitrogens with zero attached hydrogens (tertiary/aromatic N) is 2. The van der Waals surface area contributed by atoms with E-state index in [4.69, 9.17) is 5.26 Å². The van der Waals surface area contributed by atoms with Gasteiger partial charge < -0.3 is 15.5 Å². The molecular weight excluding hydrogens is 297 g/mol. The Morgan fingerprint density at radius 3 is 2.59 bits per heavy atom. The van der Waals surface area contributed by atoms with Crippen LogP contribution in [0.2, 0.25) is 0 Å². The summed E-state index contributed by atoms with van der Waals surface area (Å²) in [6.45, 7) is 2.15. The average molecular weight is 310 g/mol. The van der Waals surface area contributed by atoms with Crippen molar-refractivity contribution in [3.05, 3.63) is 41.4 Å². The van der Waals surface area contributed by atoms with Crippen molar-refractivity contribution >= 4 is 11.6 Å². The van der Waals surface area contributed by atoms with Gasteiger partial charge in [-0.3, -0.25) is 4.79 Å². The van der Waals surface area contributed by atoms with Crippen LogP contribution in [-0.2, 0) is 4.79 Å². The summed E-state index contributed by atoms with van der Waals surface area (Å²) in [4.78, 5) is 13.6. The van der Waals surface area contributed by atoms with Crippen LogP contribution in [0.3, 0.4) is 0 Å². The maximum Gasteiger partial charge on any atom is 0.266 e. The fourth-order valence-corrected chi connectivity index (χ4v) is 1.97. The lowest BCUT2D eigenvalue weighted by atomic mass is 10.2. The zero-order chi connectivity index (χ0) is 16.1. The molecule has 1 heterocycles. The molecule has 0 atom stereocenters. The first-order valence-corrected chi connectivity index (χ1v) is 6.55. The van der Waals surface area contributed by atoms with E-state index in [0.29, 0.717) is 26.2 Å². The minimum Gasteiger partial charge on any atom is -0.358 e. The lowest BCUT2D eigenvalue weighted by Crippen LogP contribution is -2.46. The molecule has 2 rings (SSSR count). The van der Waals surface area contributed by atoms with Gasteiger partial charge in [0.2, 0.25) is 0 Å². The SMILES string of the molecule is N#C/C(=C/Nc1ccc(F)c(F)c1F)C(=O)N1CCNCC1. The quantitative estimate of drug-likeness (QED) is 0.502. The van der Waals surface area contributed by atoms with Gasteiger partial charge >= 0.3 is 0 Å². The van der Waals surface area contributed by atoms with Crippen molar-refractivity contribution in [1.29, 1.82) is 5.26 Å². The van der Waals surface area contributed by atoms with Gasteiger partial charge in [-0.05, 0) is 12.1 Å². The van der Waals surface area contributed by atoms with Crippen molar-refractivity contribution < 1.29 is 18.0 Å². The van der Waals surface area contributed by atoms with Crippen molar-refractivity contribution in [3.8, 4) is 6.07 Å². The number of nitriles is 1. The van der Waals surface area contributed by atoms with Crippen LogP contribution in [0.15, 0.2) is 23.9 Å². The Morgan fingerprint density at radius 1 is 1.27 bits per heavy atom. The van der Waals surface area contributed by atoms with Gasteiger partial charge in [0.15, 0.2) is 17.5 Å². The number of halogens is 3. The largest absolute Gasteiger partial charge is 0.358 e. The highest BCUT2D eigenvalue weighted by Gasteiger charge is 2.20. The number of anilines is 1. The standard InChI is InChI=1S/C14H13F3N4O/c15-10-1-2-11(13(17)12(10)16)20-8-9(7-18)14(22)21-5-3-19-4-6-21/h1-2,8,19-20H,3-6H2/b9-8-. The van der Waals surface area contributed by atoms with Crippen molar-refractivity contribution in [2.75, 3.05) is 31.5 Å². The van der Waals surface area contributed by atoms with Gasteiger partial charge in [0.1, 0.15) is 11.6 Å². The summed E-state index contributed by atoms with van der Waals surface area (Å²) < 4.78 is 39.4. The molecule has 0 radical (unpaired) electrons. The summed E-state index contributed by atoms with van der Waals surface area (Å²) >= 11 is 0. The van der Waals surface area contributed by atoms with E-state index in [0.717, 1.165) is 18.3 Å². The Balaban J connectivity index is 2.14. The van der Waals surface area contributed by atoms with E-state index < -0.39 is 23.4 Å². The van der Waals surface area contributed by atoms with Crippen molar-refractivity contribution in [2.45, 2.75) is 0 Å². The third-order valence-electron chi connectivity index (χ3n) is 3.16. The number of rotatable bonds is 3. The monoisotopic (exact) mass is 310 g/mol. The molecule has 1 saturated heterocycles. The first-order chi connectivity index (χ1) is 10.5. The molecule has 5 nitrogen and oxygen atoms in total. The van der Waals surface area contributed by atoms with Gasteiger partial charge in [0.05, 0.1) is 5.69 Å². The normalized spacial score (nSPS) is 15.4. The minimum absolute atomic E-state index is 0.244. The summed E-state index contributed by atoms with van der Waals surface area (Å²) in [6.07, 6.45) is 0.986. The van der Waals surface area contributed by atoms with Crippen LogP contribution in [0.5, 0.6) is 0 Å². The third kappa shape index (κ3) is 3.38. The predicted octanol–water partition coefficient (Wildman–Crippen LogP) is 1.36. The minimum atomic E-state index is -1.62. The Hall–Kier alpha value is -2.53. The summed E-state index contributed by atoms with van der Waals surface area (Å²) in [5.41, 5.74) is -0.606. The summed E-state index contributed by atoms with van der Waals surface area (Å²) in [6, 6.07) is 3.44. The van der Waals surface area contributed by atoms with Crippen LogP contribution in [0, 0.1) is 28.8 Å². The van der Waals surface area contributed by atoms with E-state index in [2.05, 4.69) is 10.6 Å². The van der Waals surface area contributed by atoms with Crippen LogP contribution in [0.25, 0.3) is 0 Å². The highest BCUT2D eigenvalue weighted by atomic mass is 19.2. The molecule has 8 heteroatoms. The highest BCUT2D eigenvalue weighted by Crippen LogP contribution is 2.20. The molecule has 1 fully saturated rings. The molecule has 0 bridgehead atoms. The zero-order valence-corrected chi connectivity index (χ0v) is 11.5. The zero-order valence-electron chi connectivity index (χ0n) is 11.5. The summed E-state index contributed by atoms with van der Waals surface area (Å²) in [7, 11) is 0. The van der Waals surface area contributed by atoms with E-state index >= 15 is 0 Å². The number of hydrogen-bond donors (Lipinski definition) is 2. The first kappa shape index (κ1) is 15.9. The number of nitrogens with one attached hydrogen (secondary N) is 2. The van der Waals surface area contributed by atoms with Crippen molar-refractivity contribution in [3.63, 3.8) is 0 Å².